The number of nitrogen functional groups attached to an aromatic ring is 1. The van der Waals surface area contributed by atoms with E-state index in [1.165, 1.54) is 0 Å². The van der Waals surface area contributed by atoms with E-state index in [0.29, 0.717) is 17.2 Å². The van der Waals surface area contributed by atoms with Crippen LogP contribution in [0.5, 0.6) is 11.5 Å². The Morgan fingerprint density at radius 2 is 2.29 bits per heavy atom. The van der Waals surface area contributed by atoms with Crippen molar-refractivity contribution in [3.63, 3.8) is 0 Å². The molecule has 0 fully saturated rings. The van der Waals surface area contributed by atoms with Crippen LogP contribution < -0.4 is 10.5 Å². The molecule has 0 bridgehead atoms. The Morgan fingerprint density at radius 1 is 1.47 bits per heavy atom. The third-order valence-electron chi connectivity index (χ3n) is 2.27. The fourth-order valence-electron chi connectivity index (χ4n) is 1.47. The van der Waals surface area contributed by atoms with E-state index >= 15 is 0 Å². The predicted molar refractivity (Wildman–Crippen MR) is 71.1 cm³/mol. The average Bonchev–Trinajstić information content (AvgIpc) is 2.72. The van der Waals surface area contributed by atoms with Gasteiger partial charge >= 0.3 is 0 Å². The first-order valence-electron chi connectivity index (χ1n) is 5.44. The van der Waals surface area contributed by atoms with Gasteiger partial charge in [0.1, 0.15) is 0 Å². The predicted octanol–water partition coefficient (Wildman–Crippen LogP) is 3.43. The topological polar surface area (TPSA) is 53.1 Å². The average molecular weight is 296 g/mol. The molecule has 0 saturated carbocycles. The minimum atomic E-state index is 0.608. The number of hydrogen-bond donors (Lipinski definition) is 1. The number of aryl methyl sites for hydroxylation is 1. The Labute approximate surface area is 109 Å². The summed E-state index contributed by atoms with van der Waals surface area (Å²) in [6, 6.07) is 5.52. The van der Waals surface area contributed by atoms with Gasteiger partial charge in [-0.15, -0.1) is 0 Å². The fraction of sp³-hybridized carbons (Fsp3) is 0.250. The minimum Gasteiger partial charge on any atom is -0.452 e. The van der Waals surface area contributed by atoms with Crippen molar-refractivity contribution in [3.05, 3.63) is 35.1 Å². The summed E-state index contributed by atoms with van der Waals surface area (Å²) in [6.45, 7) is 2.99. The maximum Gasteiger partial charge on any atom is 0.165 e. The van der Waals surface area contributed by atoms with Crippen molar-refractivity contribution in [2.45, 2.75) is 19.9 Å². The molecular weight excluding hydrogens is 282 g/mol. The summed E-state index contributed by atoms with van der Waals surface area (Å²) < 4.78 is 8.46. The first kappa shape index (κ1) is 12.0. The van der Waals surface area contributed by atoms with Crippen molar-refractivity contribution < 1.29 is 4.74 Å². The van der Waals surface area contributed by atoms with E-state index in [1.807, 2.05) is 23.0 Å². The number of nitrogens with two attached hydrogens (primary N) is 1. The van der Waals surface area contributed by atoms with Crippen LogP contribution in [0.3, 0.4) is 0 Å². The second kappa shape index (κ2) is 5.23. The molecule has 4 nitrogen and oxygen atoms in total. The molecule has 0 saturated heterocycles. The second-order valence-corrected chi connectivity index (χ2v) is 4.64. The van der Waals surface area contributed by atoms with Crippen LogP contribution in [0.1, 0.15) is 13.3 Å². The molecule has 1 aromatic carbocycles. The zero-order valence-electron chi connectivity index (χ0n) is 9.56. The summed E-state index contributed by atoms with van der Waals surface area (Å²) in [5.41, 5.74) is 6.44. The summed E-state index contributed by atoms with van der Waals surface area (Å²) in [7, 11) is 0. The van der Waals surface area contributed by atoms with Gasteiger partial charge in [-0.1, -0.05) is 22.9 Å². The highest BCUT2D eigenvalue weighted by Gasteiger charge is 2.05. The van der Waals surface area contributed by atoms with Gasteiger partial charge in [-0.2, -0.15) is 5.10 Å². The number of benzene rings is 1. The molecule has 0 atom stereocenters. The van der Waals surface area contributed by atoms with E-state index in [0.717, 1.165) is 17.4 Å². The van der Waals surface area contributed by atoms with Gasteiger partial charge in [0.2, 0.25) is 0 Å². The van der Waals surface area contributed by atoms with Crippen molar-refractivity contribution in [2.75, 3.05) is 5.73 Å². The molecule has 90 valence electrons. The lowest BCUT2D eigenvalue weighted by atomic mass is 10.3. The molecule has 0 aliphatic carbocycles. The smallest absolute Gasteiger partial charge is 0.165 e. The van der Waals surface area contributed by atoms with Gasteiger partial charge in [-0.05, 0) is 24.6 Å². The SMILES string of the molecule is CCCn1cc(Oc2cc(Br)ccc2N)cn1. The number of ether oxygens (including phenoxy) is 1. The van der Waals surface area contributed by atoms with Crippen LogP contribution in [0.25, 0.3) is 0 Å². The van der Waals surface area contributed by atoms with E-state index in [2.05, 4.69) is 28.0 Å². The van der Waals surface area contributed by atoms with Crippen molar-refractivity contribution in [1.29, 1.82) is 0 Å². The third-order valence-corrected chi connectivity index (χ3v) is 2.76. The van der Waals surface area contributed by atoms with Crippen molar-refractivity contribution in [1.82, 2.24) is 9.78 Å². The summed E-state index contributed by atoms with van der Waals surface area (Å²) in [4.78, 5) is 0. The first-order valence-corrected chi connectivity index (χ1v) is 6.23. The van der Waals surface area contributed by atoms with Crippen molar-refractivity contribution in [3.8, 4) is 11.5 Å². The molecule has 1 aromatic heterocycles. The Morgan fingerprint density at radius 3 is 3.06 bits per heavy atom. The largest absolute Gasteiger partial charge is 0.452 e. The van der Waals surface area contributed by atoms with Crippen LogP contribution in [-0.2, 0) is 6.54 Å². The maximum atomic E-state index is 5.83. The molecule has 2 aromatic rings. The van der Waals surface area contributed by atoms with Crippen molar-refractivity contribution >= 4 is 21.6 Å². The molecule has 17 heavy (non-hydrogen) atoms. The van der Waals surface area contributed by atoms with Gasteiger partial charge in [0.15, 0.2) is 11.5 Å². The normalized spacial score (nSPS) is 10.5. The van der Waals surface area contributed by atoms with E-state index in [4.69, 9.17) is 10.5 Å². The standard InChI is InChI=1S/C12H14BrN3O/c1-2-5-16-8-10(7-15-16)17-12-6-9(13)3-4-11(12)14/h3-4,6-8H,2,5,14H2,1H3. The van der Waals surface area contributed by atoms with Gasteiger partial charge in [-0.25, -0.2) is 0 Å². The second-order valence-electron chi connectivity index (χ2n) is 3.72. The molecule has 1 heterocycles. The van der Waals surface area contributed by atoms with E-state index in [-0.39, 0.29) is 0 Å². The highest BCUT2D eigenvalue weighted by atomic mass is 79.9. The number of nitrogens with zero attached hydrogens (tertiary/aromatic N) is 2. The van der Waals surface area contributed by atoms with Gasteiger partial charge < -0.3 is 10.5 Å². The quantitative estimate of drug-likeness (QED) is 0.879. The molecule has 5 heteroatoms. The minimum absolute atomic E-state index is 0.608. The first-order chi connectivity index (χ1) is 8.19. The Balaban J connectivity index is 2.16. The van der Waals surface area contributed by atoms with E-state index < -0.39 is 0 Å². The molecule has 0 aliphatic heterocycles. The molecule has 0 unspecified atom stereocenters. The zero-order chi connectivity index (χ0) is 12.3. The number of rotatable bonds is 4. The lowest BCUT2D eigenvalue weighted by molar-refractivity contribution is 0.482. The molecule has 0 spiro atoms. The Bertz CT molecular complexity index is 510. The third kappa shape index (κ3) is 3.00. The maximum absolute atomic E-state index is 5.83. The molecule has 2 rings (SSSR count). The van der Waals surface area contributed by atoms with E-state index in [9.17, 15) is 0 Å². The molecule has 0 amide bonds. The lowest BCUT2D eigenvalue weighted by Gasteiger charge is -2.06. The van der Waals surface area contributed by atoms with E-state index in [1.54, 1.807) is 12.3 Å². The summed E-state index contributed by atoms with van der Waals surface area (Å²) in [5.74, 6) is 1.33. The van der Waals surface area contributed by atoms with Gasteiger partial charge in [0, 0.05) is 11.0 Å². The summed E-state index contributed by atoms with van der Waals surface area (Å²) >= 11 is 3.38. The van der Waals surface area contributed by atoms with Gasteiger partial charge in [-0.3, -0.25) is 4.68 Å². The molecule has 0 radical (unpaired) electrons. The highest BCUT2D eigenvalue weighted by molar-refractivity contribution is 9.10. The van der Waals surface area contributed by atoms with Crippen LogP contribution in [0, 0.1) is 0 Å². The summed E-state index contributed by atoms with van der Waals surface area (Å²) in [5, 5.41) is 4.19. The van der Waals surface area contributed by atoms with Gasteiger partial charge in [0.05, 0.1) is 18.1 Å². The number of aromatic nitrogens is 2. The summed E-state index contributed by atoms with van der Waals surface area (Å²) in [6.07, 6.45) is 4.60. The number of anilines is 1. The van der Waals surface area contributed by atoms with Crippen LogP contribution in [0.15, 0.2) is 35.1 Å². The number of halogens is 1. The monoisotopic (exact) mass is 295 g/mol. The van der Waals surface area contributed by atoms with Crippen LogP contribution in [0.4, 0.5) is 5.69 Å². The number of hydrogen-bond acceptors (Lipinski definition) is 3. The zero-order valence-corrected chi connectivity index (χ0v) is 11.1. The van der Waals surface area contributed by atoms with Crippen molar-refractivity contribution in [2.24, 2.45) is 0 Å². The molecule has 2 N–H and O–H groups in total. The highest BCUT2D eigenvalue weighted by Crippen LogP contribution is 2.29. The van der Waals surface area contributed by atoms with Crippen LogP contribution >= 0.6 is 15.9 Å². The van der Waals surface area contributed by atoms with Gasteiger partial charge in [0.25, 0.3) is 0 Å². The molecular formula is C12H14BrN3O. The lowest BCUT2D eigenvalue weighted by Crippen LogP contribution is -1.95. The fourth-order valence-corrected chi connectivity index (χ4v) is 1.81. The Kier molecular flexibility index (Phi) is 3.68. The van der Waals surface area contributed by atoms with Crippen LogP contribution in [-0.4, -0.2) is 9.78 Å². The van der Waals surface area contributed by atoms with Crippen LogP contribution in [0.2, 0.25) is 0 Å². The molecule has 0 aliphatic rings. The Hall–Kier alpha value is -1.49.